The highest BCUT2D eigenvalue weighted by Crippen LogP contribution is 2.09. The SMILES string of the molecule is C=CC(=O)OCCOC(=O)COCC(=O)OCCc1ccc(O)cc1. The fraction of sp³-hybridized carbons (Fsp3) is 0.353. The van der Waals surface area contributed by atoms with Crippen LogP contribution >= 0.6 is 0 Å². The van der Waals surface area contributed by atoms with Crippen LogP contribution in [-0.4, -0.2) is 56.0 Å². The minimum atomic E-state index is -0.688. The predicted molar refractivity (Wildman–Crippen MR) is 85.7 cm³/mol. The van der Waals surface area contributed by atoms with Crippen molar-refractivity contribution < 1.29 is 38.4 Å². The van der Waals surface area contributed by atoms with Crippen LogP contribution in [0.4, 0.5) is 0 Å². The molecule has 1 N–H and O–H groups in total. The lowest BCUT2D eigenvalue weighted by atomic mass is 10.1. The summed E-state index contributed by atoms with van der Waals surface area (Å²) >= 11 is 0. The molecule has 0 atom stereocenters. The molecule has 0 radical (unpaired) electrons. The number of hydrogen-bond donors (Lipinski definition) is 1. The van der Waals surface area contributed by atoms with Crippen LogP contribution < -0.4 is 0 Å². The van der Waals surface area contributed by atoms with E-state index in [0.29, 0.717) is 6.42 Å². The molecule has 1 rings (SSSR count). The second-order valence-electron chi connectivity index (χ2n) is 4.72. The molecule has 0 spiro atoms. The Kier molecular flexibility index (Phi) is 9.39. The maximum Gasteiger partial charge on any atom is 0.332 e. The van der Waals surface area contributed by atoms with Crippen LogP contribution in [0.5, 0.6) is 5.75 Å². The number of aromatic hydroxyl groups is 1. The number of phenolic OH excluding ortho intramolecular Hbond substituents is 1. The Labute approximate surface area is 144 Å². The smallest absolute Gasteiger partial charge is 0.332 e. The Bertz CT molecular complexity index is 579. The van der Waals surface area contributed by atoms with E-state index in [-0.39, 0.29) is 32.2 Å². The molecule has 25 heavy (non-hydrogen) atoms. The standard InChI is InChI=1S/C17H20O8/c1-2-15(19)24-9-10-25-17(21)12-22-11-16(20)23-8-7-13-3-5-14(18)6-4-13/h2-6,18H,1,7-12H2. The van der Waals surface area contributed by atoms with E-state index in [2.05, 4.69) is 11.3 Å². The highest BCUT2D eigenvalue weighted by molar-refractivity contribution is 5.81. The molecule has 0 saturated heterocycles. The molecule has 1 aromatic carbocycles. The molecule has 0 bridgehead atoms. The third-order valence-corrected chi connectivity index (χ3v) is 2.79. The number of ether oxygens (including phenoxy) is 4. The molecule has 0 aliphatic heterocycles. The van der Waals surface area contributed by atoms with Gasteiger partial charge in [-0.05, 0) is 17.7 Å². The first-order chi connectivity index (χ1) is 12.0. The molecule has 0 aliphatic carbocycles. The molecule has 0 heterocycles. The predicted octanol–water partition coefficient (Wildman–Crippen LogP) is 0.767. The summed E-state index contributed by atoms with van der Waals surface area (Å²) in [6.45, 7) is 2.38. The minimum absolute atomic E-state index is 0.0874. The van der Waals surface area contributed by atoms with Gasteiger partial charge >= 0.3 is 17.9 Å². The van der Waals surface area contributed by atoms with Crippen molar-refractivity contribution in [1.82, 2.24) is 0 Å². The van der Waals surface area contributed by atoms with Crippen molar-refractivity contribution >= 4 is 17.9 Å². The van der Waals surface area contributed by atoms with Crippen LogP contribution in [0.15, 0.2) is 36.9 Å². The fourth-order valence-electron chi connectivity index (χ4n) is 1.60. The topological polar surface area (TPSA) is 108 Å². The van der Waals surface area contributed by atoms with Gasteiger partial charge in [-0.25, -0.2) is 14.4 Å². The van der Waals surface area contributed by atoms with Gasteiger partial charge in [-0.15, -0.1) is 0 Å². The molecule has 0 amide bonds. The quantitative estimate of drug-likeness (QED) is 0.269. The molecular formula is C17H20O8. The first-order valence-corrected chi connectivity index (χ1v) is 7.47. The summed E-state index contributed by atoms with van der Waals surface area (Å²) in [5, 5.41) is 9.15. The highest BCUT2D eigenvalue weighted by Gasteiger charge is 2.08. The first-order valence-electron chi connectivity index (χ1n) is 7.47. The van der Waals surface area contributed by atoms with Crippen molar-refractivity contribution in [3.05, 3.63) is 42.5 Å². The van der Waals surface area contributed by atoms with Crippen molar-refractivity contribution in [2.75, 3.05) is 33.0 Å². The summed E-state index contributed by atoms with van der Waals surface area (Å²) in [4.78, 5) is 33.4. The monoisotopic (exact) mass is 352 g/mol. The van der Waals surface area contributed by atoms with Gasteiger partial charge in [0.05, 0.1) is 6.61 Å². The lowest BCUT2D eigenvalue weighted by molar-refractivity contribution is -0.157. The van der Waals surface area contributed by atoms with E-state index in [1.165, 1.54) is 0 Å². The van der Waals surface area contributed by atoms with Gasteiger partial charge in [-0.1, -0.05) is 18.7 Å². The number of benzene rings is 1. The molecule has 8 nitrogen and oxygen atoms in total. The van der Waals surface area contributed by atoms with Crippen LogP contribution in [0.25, 0.3) is 0 Å². The van der Waals surface area contributed by atoms with Gasteiger partial charge in [0.15, 0.2) is 0 Å². The van der Waals surface area contributed by atoms with Crippen LogP contribution in [0.3, 0.4) is 0 Å². The average molecular weight is 352 g/mol. The third-order valence-electron chi connectivity index (χ3n) is 2.79. The van der Waals surface area contributed by atoms with Gasteiger partial charge in [-0.2, -0.15) is 0 Å². The van der Waals surface area contributed by atoms with Crippen molar-refractivity contribution in [2.24, 2.45) is 0 Å². The molecule has 0 aliphatic rings. The van der Waals surface area contributed by atoms with E-state index < -0.39 is 24.5 Å². The summed E-state index contributed by atoms with van der Waals surface area (Å²) in [5.74, 6) is -1.74. The molecule has 0 aromatic heterocycles. The van der Waals surface area contributed by atoms with Crippen LogP contribution in [0.1, 0.15) is 5.56 Å². The van der Waals surface area contributed by atoms with Crippen molar-refractivity contribution in [3.63, 3.8) is 0 Å². The average Bonchev–Trinajstić information content (AvgIpc) is 2.60. The Morgan fingerprint density at radius 1 is 0.920 bits per heavy atom. The lowest BCUT2D eigenvalue weighted by Gasteiger charge is -2.07. The molecule has 0 saturated carbocycles. The van der Waals surface area contributed by atoms with Gasteiger partial charge in [0.2, 0.25) is 0 Å². The summed E-state index contributed by atoms with van der Waals surface area (Å²) in [6.07, 6.45) is 1.50. The number of carbonyl (C=O) groups is 3. The molecular weight excluding hydrogens is 332 g/mol. The van der Waals surface area contributed by atoms with E-state index in [1.807, 2.05) is 0 Å². The van der Waals surface area contributed by atoms with Gasteiger partial charge in [0.25, 0.3) is 0 Å². The van der Waals surface area contributed by atoms with E-state index in [9.17, 15) is 14.4 Å². The van der Waals surface area contributed by atoms with Crippen LogP contribution in [0, 0.1) is 0 Å². The number of phenols is 1. The van der Waals surface area contributed by atoms with Crippen molar-refractivity contribution in [2.45, 2.75) is 6.42 Å². The van der Waals surface area contributed by atoms with E-state index >= 15 is 0 Å². The lowest BCUT2D eigenvalue weighted by Crippen LogP contribution is -2.20. The first kappa shape index (κ1) is 20.2. The minimum Gasteiger partial charge on any atom is -0.508 e. The summed E-state index contributed by atoms with van der Waals surface area (Å²) < 4.78 is 19.1. The maximum atomic E-state index is 11.4. The molecule has 136 valence electrons. The maximum absolute atomic E-state index is 11.4. The van der Waals surface area contributed by atoms with Gasteiger partial charge in [0.1, 0.15) is 32.2 Å². The van der Waals surface area contributed by atoms with Gasteiger partial charge < -0.3 is 24.1 Å². The van der Waals surface area contributed by atoms with E-state index in [0.717, 1.165) is 11.6 Å². The Morgan fingerprint density at radius 2 is 1.48 bits per heavy atom. The zero-order valence-electron chi connectivity index (χ0n) is 13.6. The molecule has 0 fully saturated rings. The Hall–Kier alpha value is -2.87. The normalized spacial score (nSPS) is 9.92. The summed E-state index contributed by atoms with van der Waals surface area (Å²) in [6, 6.07) is 6.54. The Balaban J connectivity index is 2.03. The number of esters is 3. The highest BCUT2D eigenvalue weighted by atomic mass is 16.6. The van der Waals surface area contributed by atoms with Crippen LogP contribution in [-0.2, 0) is 39.8 Å². The number of carbonyl (C=O) groups excluding carboxylic acids is 3. The zero-order valence-corrected chi connectivity index (χ0v) is 13.6. The Morgan fingerprint density at radius 3 is 2.08 bits per heavy atom. The van der Waals surface area contributed by atoms with Gasteiger partial charge in [-0.3, -0.25) is 0 Å². The largest absolute Gasteiger partial charge is 0.508 e. The third kappa shape index (κ3) is 9.77. The van der Waals surface area contributed by atoms with E-state index in [4.69, 9.17) is 19.3 Å². The number of hydrogen-bond acceptors (Lipinski definition) is 8. The molecule has 0 unspecified atom stereocenters. The van der Waals surface area contributed by atoms with E-state index in [1.54, 1.807) is 24.3 Å². The zero-order chi connectivity index (χ0) is 18.5. The molecule has 8 heteroatoms. The number of rotatable bonds is 11. The van der Waals surface area contributed by atoms with Gasteiger partial charge in [0, 0.05) is 12.5 Å². The second-order valence-corrected chi connectivity index (χ2v) is 4.72. The summed E-state index contributed by atoms with van der Waals surface area (Å²) in [5.41, 5.74) is 0.909. The fourth-order valence-corrected chi connectivity index (χ4v) is 1.60. The van der Waals surface area contributed by atoms with Crippen molar-refractivity contribution in [3.8, 4) is 5.75 Å². The van der Waals surface area contributed by atoms with Crippen LogP contribution in [0.2, 0.25) is 0 Å². The molecule has 1 aromatic rings. The summed E-state index contributed by atoms with van der Waals surface area (Å²) in [7, 11) is 0. The van der Waals surface area contributed by atoms with Crippen molar-refractivity contribution in [1.29, 1.82) is 0 Å². The second kappa shape index (κ2) is 11.6.